The Labute approximate surface area is 122 Å². The maximum absolute atomic E-state index is 8.36. The predicted molar refractivity (Wildman–Crippen MR) is 83.7 cm³/mol. The first-order valence-corrected chi connectivity index (χ1v) is 8.20. The minimum absolute atomic E-state index is 0.244. The minimum atomic E-state index is -0.250. The fourth-order valence-electron chi connectivity index (χ4n) is 2.18. The van der Waals surface area contributed by atoms with Crippen LogP contribution in [0.2, 0.25) is 0 Å². The van der Waals surface area contributed by atoms with Gasteiger partial charge in [0.1, 0.15) is 0 Å². The number of nitrogens with two attached hydrogens (primary N) is 1. The first-order chi connectivity index (χ1) is 9.65. The second kappa shape index (κ2) is 9.87. The van der Waals surface area contributed by atoms with Crippen LogP contribution in [-0.2, 0) is 22.4 Å². The molecule has 2 rings (SSSR count). The maximum atomic E-state index is 8.36. The Morgan fingerprint density at radius 3 is 2.55 bits per heavy atom. The molecule has 0 radical (unpaired) electrons. The van der Waals surface area contributed by atoms with Crippen LogP contribution in [0.5, 0.6) is 0 Å². The summed E-state index contributed by atoms with van der Waals surface area (Å²) in [6.07, 6.45) is 4.53. The molecule has 1 fully saturated rings. The van der Waals surface area contributed by atoms with Gasteiger partial charge in [-0.05, 0) is 43.5 Å². The van der Waals surface area contributed by atoms with Crippen LogP contribution in [0, 0.1) is 0 Å². The van der Waals surface area contributed by atoms with E-state index in [1.54, 1.807) is 0 Å². The van der Waals surface area contributed by atoms with Crippen molar-refractivity contribution in [3.8, 4) is 0 Å². The lowest BCUT2D eigenvalue weighted by Gasteiger charge is -2.10. The molecular formula is C15H24NO3P. The lowest BCUT2D eigenvalue weighted by molar-refractivity contribution is -0.122. The van der Waals surface area contributed by atoms with E-state index in [4.69, 9.17) is 20.4 Å². The SMILES string of the molecule is CC(N)Cc1ccc(CCC2OCCP2)cc1.O=CO. The number of ether oxygens (including phenoxy) is 1. The third-order valence-electron chi connectivity index (χ3n) is 3.07. The summed E-state index contributed by atoms with van der Waals surface area (Å²) >= 11 is 0. The molecule has 1 aromatic rings. The molecule has 0 saturated carbocycles. The van der Waals surface area contributed by atoms with Gasteiger partial charge in [-0.3, -0.25) is 4.79 Å². The highest BCUT2D eigenvalue weighted by Crippen LogP contribution is 2.30. The predicted octanol–water partition coefficient (Wildman–Crippen LogP) is 2.24. The first-order valence-electron chi connectivity index (χ1n) is 6.92. The summed E-state index contributed by atoms with van der Waals surface area (Å²) < 4.78 is 5.65. The van der Waals surface area contributed by atoms with Crippen LogP contribution in [0.15, 0.2) is 24.3 Å². The first kappa shape index (κ1) is 17.1. The topological polar surface area (TPSA) is 72.5 Å². The molecule has 3 atom stereocenters. The van der Waals surface area contributed by atoms with Crippen LogP contribution in [0.3, 0.4) is 0 Å². The van der Waals surface area contributed by atoms with Gasteiger partial charge >= 0.3 is 0 Å². The Balaban J connectivity index is 0.000000612. The molecule has 5 heteroatoms. The Morgan fingerprint density at radius 1 is 1.45 bits per heavy atom. The average molecular weight is 297 g/mol. The van der Waals surface area contributed by atoms with Crippen molar-refractivity contribution in [2.75, 3.05) is 12.8 Å². The van der Waals surface area contributed by atoms with Crippen molar-refractivity contribution >= 4 is 15.1 Å². The van der Waals surface area contributed by atoms with E-state index in [0.29, 0.717) is 5.85 Å². The van der Waals surface area contributed by atoms with Crippen molar-refractivity contribution in [3.05, 3.63) is 35.4 Å². The summed E-state index contributed by atoms with van der Waals surface area (Å²) in [5, 5.41) is 6.89. The normalized spacial score (nSPS) is 20.2. The minimum Gasteiger partial charge on any atom is -0.483 e. The molecular weight excluding hydrogens is 273 g/mol. The molecule has 112 valence electrons. The zero-order valence-corrected chi connectivity index (χ0v) is 12.9. The van der Waals surface area contributed by atoms with Gasteiger partial charge in [0.15, 0.2) is 0 Å². The summed E-state index contributed by atoms with van der Waals surface area (Å²) in [5.74, 6) is 0.527. The zero-order chi connectivity index (χ0) is 14.8. The Bertz CT molecular complexity index is 375. The van der Waals surface area contributed by atoms with Crippen LogP contribution in [0.25, 0.3) is 0 Å². The number of benzene rings is 1. The van der Waals surface area contributed by atoms with E-state index in [1.165, 1.54) is 23.7 Å². The van der Waals surface area contributed by atoms with Crippen LogP contribution >= 0.6 is 8.58 Å². The number of carbonyl (C=O) groups is 1. The monoisotopic (exact) mass is 297 g/mol. The van der Waals surface area contributed by atoms with Gasteiger partial charge in [-0.2, -0.15) is 0 Å². The summed E-state index contributed by atoms with van der Waals surface area (Å²) in [7, 11) is 1.01. The van der Waals surface area contributed by atoms with Gasteiger partial charge in [0.2, 0.25) is 0 Å². The number of aryl methyl sites for hydroxylation is 1. The average Bonchev–Trinajstić information content (AvgIpc) is 2.91. The van der Waals surface area contributed by atoms with Gasteiger partial charge in [-0.1, -0.05) is 32.8 Å². The van der Waals surface area contributed by atoms with Gasteiger partial charge in [0, 0.05) is 6.04 Å². The van der Waals surface area contributed by atoms with Gasteiger partial charge in [0.25, 0.3) is 6.47 Å². The van der Waals surface area contributed by atoms with Crippen LogP contribution in [0.4, 0.5) is 0 Å². The fraction of sp³-hybridized carbons (Fsp3) is 0.533. The number of hydrogen-bond acceptors (Lipinski definition) is 3. The third-order valence-corrected chi connectivity index (χ3v) is 4.47. The van der Waals surface area contributed by atoms with E-state index in [1.807, 2.05) is 6.92 Å². The summed E-state index contributed by atoms with van der Waals surface area (Å²) in [6.45, 7) is 2.77. The molecule has 1 aromatic carbocycles. The Morgan fingerprint density at radius 2 is 2.05 bits per heavy atom. The molecule has 0 aromatic heterocycles. The van der Waals surface area contributed by atoms with Crippen molar-refractivity contribution in [1.82, 2.24) is 0 Å². The van der Waals surface area contributed by atoms with Crippen molar-refractivity contribution < 1.29 is 14.6 Å². The molecule has 20 heavy (non-hydrogen) atoms. The number of carboxylic acid groups (broad SMARTS) is 1. The largest absolute Gasteiger partial charge is 0.483 e. The maximum Gasteiger partial charge on any atom is 0.290 e. The van der Waals surface area contributed by atoms with E-state index < -0.39 is 0 Å². The standard InChI is InChI=1S/C14H22NOP.CH2O2/c1-11(15)10-13-4-2-12(3-5-13)6-7-14-16-8-9-17-14;2-1-3/h2-5,11,14,17H,6-10,15H2,1H3;1H,(H,2,3). The highest BCUT2D eigenvalue weighted by atomic mass is 31.1. The molecule has 0 bridgehead atoms. The van der Waals surface area contributed by atoms with Gasteiger partial charge in [0.05, 0.1) is 12.5 Å². The lowest BCUT2D eigenvalue weighted by atomic mass is 10.0. The van der Waals surface area contributed by atoms with Gasteiger partial charge in [-0.15, -0.1) is 0 Å². The van der Waals surface area contributed by atoms with E-state index >= 15 is 0 Å². The van der Waals surface area contributed by atoms with Gasteiger partial charge < -0.3 is 15.6 Å². The van der Waals surface area contributed by atoms with Crippen LogP contribution in [0.1, 0.15) is 24.5 Å². The molecule has 0 spiro atoms. The Hall–Kier alpha value is -0.960. The molecule has 3 unspecified atom stereocenters. The van der Waals surface area contributed by atoms with Crippen molar-refractivity contribution in [1.29, 1.82) is 0 Å². The summed E-state index contributed by atoms with van der Waals surface area (Å²) in [6, 6.07) is 9.12. The molecule has 1 saturated heterocycles. The zero-order valence-electron chi connectivity index (χ0n) is 11.9. The highest BCUT2D eigenvalue weighted by molar-refractivity contribution is 7.39. The van der Waals surface area contributed by atoms with Crippen molar-refractivity contribution in [2.24, 2.45) is 5.73 Å². The van der Waals surface area contributed by atoms with Gasteiger partial charge in [-0.25, -0.2) is 0 Å². The van der Waals surface area contributed by atoms with Crippen molar-refractivity contribution in [3.63, 3.8) is 0 Å². The molecule has 0 aliphatic carbocycles. The van der Waals surface area contributed by atoms with E-state index in [9.17, 15) is 0 Å². The molecule has 1 heterocycles. The van der Waals surface area contributed by atoms with Crippen LogP contribution in [-0.4, -0.2) is 36.2 Å². The molecule has 0 amide bonds. The third kappa shape index (κ3) is 6.99. The lowest BCUT2D eigenvalue weighted by Crippen LogP contribution is -2.17. The quantitative estimate of drug-likeness (QED) is 0.646. The number of hydrogen-bond donors (Lipinski definition) is 2. The summed E-state index contributed by atoms with van der Waals surface area (Å²) in [4.78, 5) is 8.36. The molecule has 4 nitrogen and oxygen atoms in total. The second-order valence-electron chi connectivity index (χ2n) is 4.96. The Kier molecular flexibility index (Phi) is 8.43. The van der Waals surface area contributed by atoms with Crippen molar-refractivity contribution in [2.45, 2.75) is 38.1 Å². The smallest absolute Gasteiger partial charge is 0.290 e. The summed E-state index contributed by atoms with van der Waals surface area (Å²) in [5.41, 5.74) is 8.54. The molecule has 3 N–H and O–H groups in total. The van der Waals surface area contributed by atoms with E-state index in [-0.39, 0.29) is 12.5 Å². The van der Waals surface area contributed by atoms with Crippen LogP contribution < -0.4 is 5.73 Å². The second-order valence-corrected chi connectivity index (χ2v) is 6.51. The number of rotatable bonds is 5. The molecule has 1 aliphatic rings. The molecule has 1 aliphatic heterocycles. The van der Waals surface area contributed by atoms with E-state index in [2.05, 4.69) is 24.3 Å². The fourth-order valence-corrected chi connectivity index (χ4v) is 3.32. The van der Waals surface area contributed by atoms with E-state index in [0.717, 1.165) is 28.0 Å². The highest BCUT2D eigenvalue weighted by Gasteiger charge is 2.14.